The number of hydrogen-bond acceptors (Lipinski definition) is 2. The first-order valence-corrected chi connectivity index (χ1v) is 4.96. The van der Waals surface area contributed by atoms with Crippen LogP contribution >= 0.6 is 0 Å². The minimum atomic E-state index is -1.60. The zero-order valence-corrected chi connectivity index (χ0v) is 10.4. The molecule has 0 aromatic heterocycles. The molecular formula is C10H18MgO4. The third-order valence-electron chi connectivity index (χ3n) is 3.31. The maximum atomic E-state index is 11.0. The van der Waals surface area contributed by atoms with Crippen molar-refractivity contribution >= 4 is 35.0 Å². The van der Waals surface area contributed by atoms with E-state index >= 15 is 0 Å². The normalized spacial score (nSPS) is 17.9. The molecule has 1 aliphatic rings. The molecule has 0 spiro atoms. The van der Waals surface area contributed by atoms with Gasteiger partial charge in [-0.3, -0.25) is 9.59 Å². The van der Waals surface area contributed by atoms with Gasteiger partial charge in [0, 0.05) is 0 Å². The topological polar surface area (TPSA) is 74.6 Å². The molecular weight excluding hydrogens is 208 g/mol. The summed E-state index contributed by atoms with van der Waals surface area (Å²) < 4.78 is 0. The second-order valence-electron chi connectivity index (χ2n) is 4.15. The van der Waals surface area contributed by atoms with Crippen LogP contribution in [0.3, 0.4) is 0 Å². The summed E-state index contributed by atoms with van der Waals surface area (Å²) in [7, 11) is 0. The van der Waals surface area contributed by atoms with Crippen molar-refractivity contribution in [1.29, 1.82) is 0 Å². The van der Waals surface area contributed by atoms with Crippen LogP contribution in [-0.2, 0) is 9.59 Å². The van der Waals surface area contributed by atoms with Crippen LogP contribution in [-0.4, -0.2) is 45.2 Å². The SMILES string of the molecule is CC(C(=O)O)(C(=O)O)C1CCCCC1.[H-].[H-].[Mg+2]. The van der Waals surface area contributed by atoms with Crippen LogP contribution in [0.25, 0.3) is 0 Å². The fourth-order valence-corrected chi connectivity index (χ4v) is 2.12. The van der Waals surface area contributed by atoms with E-state index < -0.39 is 17.4 Å². The maximum absolute atomic E-state index is 11.0. The second-order valence-corrected chi connectivity index (χ2v) is 4.15. The molecule has 5 heteroatoms. The van der Waals surface area contributed by atoms with E-state index in [0.717, 1.165) is 32.1 Å². The van der Waals surface area contributed by atoms with Gasteiger partial charge >= 0.3 is 35.0 Å². The molecule has 0 unspecified atom stereocenters. The van der Waals surface area contributed by atoms with Crippen LogP contribution in [0.1, 0.15) is 41.9 Å². The van der Waals surface area contributed by atoms with Crippen molar-refractivity contribution in [3.8, 4) is 0 Å². The summed E-state index contributed by atoms with van der Waals surface area (Å²) >= 11 is 0. The van der Waals surface area contributed by atoms with Crippen molar-refractivity contribution in [1.82, 2.24) is 0 Å². The summed E-state index contributed by atoms with van der Waals surface area (Å²) in [4.78, 5) is 22.0. The van der Waals surface area contributed by atoms with Crippen molar-refractivity contribution in [3.05, 3.63) is 0 Å². The van der Waals surface area contributed by atoms with E-state index in [1.165, 1.54) is 6.92 Å². The summed E-state index contributed by atoms with van der Waals surface area (Å²) in [5.74, 6) is -2.64. The van der Waals surface area contributed by atoms with Crippen LogP contribution in [0, 0.1) is 11.3 Å². The van der Waals surface area contributed by atoms with E-state index in [1.54, 1.807) is 0 Å². The fraction of sp³-hybridized carbons (Fsp3) is 0.800. The van der Waals surface area contributed by atoms with Gasteiger partial charge in [-0.1, -0.05) is 19.3 Å². The molecule has 0 atom stereocenters. The molecule has 1 rings (SSSR count). The Hall–Kier alpha value is -0.294. The van der Waals surface area contributed by atoms with Crippen molar-refractivity contribution in [3.63, 3.8) is 0 Å². The van der Waals surface area contributed by atoms with Crippen molar-refractivity contribution < 1.29 is 22.7 Å². The third-order valence-corrected chi connectivity index (χ3v) is 3.31. The first-order chi connectivity index (χ1) is 6.49. The average Bonchev–Trinajstić information content (AvgIpc) is 2.17. The number of carboxylic acid groups (broad SMARTS) is 2. The molecule has 1 fully saturated rings. The smallest absolute Gasteiger partial charge is 1.00 e. The Balaban J connectivity index is -0.000000653. The van der Waals surface area contributed by atoms with Crippen LogP contribution in [0.4, 0.5) is 0 Å². The van der Waals surface area contributed by atoms with E-state index in [0.29, 0.717) is 0 Å². The molecule has 0 saturated heterocycles. The van der Waals surface area contributed by atoms with E-state index in [9.17, 15) is 9.59 Å². The fourth-order valence-electron chi connectivity index (χ4n) is 2.12. The molecule has 4 nitrogen and oxygen atoms in total. The van der Waals surface area contributed by atoms with Gasteiger partial charge in [0.15, 0.2) is 5.41 Å². The summed E-state index contributed by atoms with van der Waals surface area (Å²) in [5, 5.41) is 17.9. The van der Waals surface area contributed by atoms with Gasteiger partial charge in [0.25, 0.3) is 0 Å². The van der Waals surface area contributed by atoms with Gasteiger partial charge in [0.2, 0.25) is 0 Å². The van der Waals surface area contributed by atoms with E-state index in [1.807, 2.05) is 0 Å². The summed E-state index contributed by atoms with van der Waals surface area (Å²) in [6.07, 6.45) is 4.41. The van der Waals surface area contributed by atoms with E-state index in [2.05, 4.69) is 0 Å². The number of carboxylic acids is 2. The molecule has 84 valence electrons. The van der Waals surface area contributed by atoms with Crippen LogP contribution in [0.5, 0.6) is 0 Å². The minimum Gasteiger partial charge on any atom is -1.00 e. The molecule has 15 heavy (non-hydrogen) atoms. The molecule has 2 N–H and O–H groups in total. The summed E-state index contributed by atoms with van der Waals surface area (Å²) in [6, 6.07) is 0. The maximum Gasteiger partial charge on any atom is 2.00 e. The Morgan fingerprint density at radius 1 is 1.13 bits per heavy atom. The second kappa shape index (κ2) is 5.70. The standard InChI is InChI=1S/C10H16O4.Mg.2H/c1-10(8(11)12,9(13)14)7-5-3-2-4-6-7;;;/h7H,2-6H2,1H3,(H,11,12)(H,13,14);;;/q;+2;2*-1. The first-order valence-electron chi connectivity index (χ1n) is 4.96. The predicted molar refractivity (Wildman–Crippen MR) is 57.9 cm³/mol. The van der Waals surface area contributed by atoms with Crippen molar-refractivity contribution in [2.75, 3.05) is 0 Å². The summed E-state index contributed by atoms with van der Waals surface area (Å²) in [6.45, 7) is 1.33. The van der Waals surface area contributed by atoms with E-state index in [4.69, 9.17) is 10.2 Å². The number of aliphatic carboxylic acids is 2. The quantitative estimate of drug-likeness (QED) is 0.566. The van der Waals surface area contributed by atoms with Crippen molar-refractivity contribution in [2.24, 2.45) is 11.3 Å². The molecule has 0 amide bonds. The Labute approximate surface area is 108 Å². The van der Waals surface area contributed by atoms with Gasteiger partial charge in [-0.2, -0.15) is 0 Å². The Morgan fingerprint density at radius 3 is 1.87 bits per heavy atom. The first kappa shape index (κ1) is 14.7. The number of hydrogen-bond donors (Lipinski definition) is 2. The predicted octanol–water partition coefficient (Wildman–Crippen LogP) is 1.59. The van der Waals surface area contributed by atoms with Gasteiger partial charge in [-0.25, -0.2) is 0 Å². The molecule has 0 radical (unpaired) electrons. The molecule has 0 heterocycles. The Bertz CT molecular complexity index is 241. The van der Waals surface area contributed by atoms with Gasteiger partial charge in [0.1, 0.15) is 0 Å². The average molecular weight is 227 g/mol. The van der Waals surface area contributed by atoms with Gasteiger partial charge < -0.3 is 13.1 Å². The molecule has 0 aromatic rings. The van der Waals surface area contributed by atoms with Crippen LogP contribution in [0.2, 0.25) is 0 Å². The van der Waals surface area contributed by atoms with Gasteiger partial charge in [0.05, 0.1) is 0 Å². The third kappa shape index (κ3) is 2.84. The number of carbonyl (C=O) groups is 2. The van der Waals surface area contributed by atoms with Crippen molar-refractivity contribution in [2.45, 2.75) is 39.0 Å². The largest absolute Gasteiger partial charge is 2.00 e. The molecule has 0 aliphatic heterocycles. The zero-order chi connectivity index (χ0) is 10.8. The monoisotopic (exact) mass is 226 g/mol. The van der Waals surface area contributed by atoms with Crippen LogP contribution < -0.4 is 0 Å². The Kier molecular flexibility index (Phi) is 5.59. The van der Waals surface area contributed by atoms with Gasteiger partial charge in [-0.05, 0) is 25.7 Å². The minimum absolute atomic E-state index is 0. The molecule has 0 aromatic carbocycles. The molecule has 1 saturated carbocycles. The molecule has 1 aliphatic carbocycles. The zero-order valence-electron chi connectivity index (χ0n) is 11.0. The van der Waals surface area contributed by atoms with Gasteiger partial charge in [-0.15, -0.1) is 0 Å². The summed E-state index contributed by atoms with van der Waals surface area (Å²) in [5.41, 5.74) is -1.60. The van der Waals surface area contributed by atoms with Crippen LogP contribution in [0.15, 0.2) is 0 Å². The molecule has 0 bridgehead atoms. The Morgan fingerprint density at radius 2 is 1.53 bits per heavy atom. The number of rotatable bonds is 3. The van der Waals surface area contributed by atoms with E-state index in [-0.39, 0.29) is 31.8 Å².